The molecule has 1 saturated heterocycles. The minimum Gasteiger partial charge on any atom is -0.472 e. The molecule has 2 aliphatic heterocycles. The summed E-state index contributed by atoms with van der Waals surface area (Å²) in [6, 6.07) is 0. The lowest BCUT2D eigenvalue weighted by atomic mass is 9.83. The van der Waals surface area contributed by atoms with Gasteiger partial charge in [0, 0.05) is 11.8 Å². The highest BCUT2D eigenvalue weighted by Gasteiger charge is 2.53. The van der Waals surface area contributed by atoms with Crippen LogP contribution in [0.2, 0.25) is 0 Å². The monoisotopic (exact) mass is 390 g/mol. The van der Waals surface area contributed by atoms with Crippen LogP contribution < -0.4 is 0 Å². The molecule has 154 valence electrons. The first-order valence-corrected chi connectivity index (χ1v) is 8.88. The van der Waals surface area contributed by atoms with Crippen LogP contribution >= 0.6 is 0 Å². The van der Waals surface area contributed by atoms with E-state index in [0.717, 1.165) is 0 Å². The maximum absolute atomic E-state index is 12.0. The van der Waals surface area contributed by atoms with Gasteiger partial charge in [-0.05, 0) is 12.3 Å². The van der Waals surface area contributed by atoms with Gasteiger partial charge in [0.25, 0.3) is 0 Å². The van der Waals surface area contributed by atoms with Gasteiger partial charge < -0.3 is 44.5 Å². The molecule has 10 atom stereocenters. The molecule has 10 nitrogen and oxygen atoms in total. The number of methoxy groups -OCH3 is 1. The Morgan fingerprint density at radius 3 is 2.52 bits per heavy atom. The highest BCUT2D eigenvalue weighted by molar-refractivity contribution is 5.89. The van der Waals surface area contributed by atoms with Crippen molar-refractivity contribution in [3.8, 4) is 0 Å². The van der Waals surface area contributed by atoms with Gasteiger partial charge in [0.1, 0.15) is 24.4 Å². The third-order valence-electron chi connectivity index (χ3n) is 5.75. The van der Waals surface area contributed by atoms with Crippen molar-refractivity contribution in [2.45, 2.75) is 56.4 Å². The maximum atomic E-state index is 12.0. The Morgan fingerprint density at radius 1 is 1.19 bits per heavy atom. The summed E-state index contributed by atoms with van der Waals surface area (Å²) in [5, 5.41) is 49.4. The number of aliphatic hydroxyl groups excluding tert-OH is 5. The lowest BCUT2D eigenvalue weighted by Crippen LogP contribution is -2.60. The zero-order valence-electron chi connectivity index (χ0n) is 15.0. The van der Waals surface area contributed by atoms with Gasteiger partial charge in [-0.2, -0.15) is 0 Å². The Labute approximate surface area is 155 Å². The Kier molecular flexibility index (Phi) is 6.06. The van der Waals surface area contributed by atoms with Gasteiger partial charge in [-0.3, -0.25) is 0 Å². The molecule has 0 bridgehead atoms. The minimum atomic E-state index is -1.58. The number of aliphatic hydroxyl groups is 5. The standard InChI is InChI=1S/C17H26O10/c1-6-9(19)3-7-8(15(23)24-2)5-25-16(11(6)7)27-17-14(22)13(21)12(20)10(4-18)26-17/h5-7,9-14,16-22H,3-4H2,1-2H3/t6?,7?,9?,10-,11?,12-,13-,14-,16?,17+/m1/s1. The van der Waals surface area contributed by atoms with Crippen molar-refractivity contribution < 1.29 is 49.3 Å². The molecule has 0 aromatic carbocycles. The van der Waals surface area contributed by atoms with E-state index in [1.165, 1.54) is 13.4 Å². The van der Waals surface area contributed by atoms with E-state index in [1.54, 1.807) is 6.92 Å². The Balaban J connectivity index is 1.80. The van der Waals surface area contributed by atoms with Crippen molar-refractivity contribution in [2.24, 2.45) is 17.8 Å². The lowest BCUT2D eigenvalue weighted by molar-refractivity contribution is -0.342. The highest BCUT2D eigenvalue weighted by Crippen LogP contribution is 2.47. The Morgan fingerprint density at radius 2 is 1.89 bits per heavy atom. The number of hydrogen-bond acceptors (Lipinski definition) is 10. The fourth-order valence-electron chi connectivity index (χ4n) is 4.10. The normalized spacial score (nSPS) is 47.0. The predicted molar refractivity (Wildman–Crippen MR) is 86.6 cm³/mol. The SMILES string of the molecule is COC(=O)C1=COC(O[C@@H]2O[C@H](CO)[C@@H](O)[C@@H](O)[C@H]2O)C2C1CC(O)C2C. The van der Waals surface area contributed by atoms with Gasteiger partial charge in [-0.1, -0.05) is 6.92 Å². The maximum Gasteiger partial charge on any atom is 0.337 e. The van der Waals surface area contributed by atoms with E-state index in [0.29, 0.717) is 12.0 Å². The minimum absolute atomic E-state index is 0.279. The predicted octanol–water partition coefficient (Wildman–Crippen LogP) is -2.15. The van der Waals surface area contributed by atoms with Gasteiger partial charge >= 0.3 is 5.97 Å². The number of fused-ring (bicyclic) bond motifs is 1. The molecule has 2 heterocycles. The van der Waals surface area contributed by atoms with Gasteiger partial charge in [-0.25, -0.2) is 4.79 Å². The average Bonchev–Trinajstić information content (AvgIpc) is 2.96. The van der Waals surface area contributed by atoms with Gasteiger partial charge in [0.05, 0.1) is 31.7 Å². The van der Waals surface area contributed by atoms with Crippen molar-refractivity contribution in [3.63, 3.8) is 0 Å². The quantitative estimate of drug-likeness (QED) is 0.336. The second-order valence-electron chi connectivity index (χ2n) is 7.25. The summed E-state index contributed by atoms with van der Waals surface area (Å²) in [5.41, 5.74) is 0.291. The van der Waals surface area contributed by atoms with Crippen molar-refractivity contribution >= 4 is 5.97 Å². The van der Waals surface area contributed by atoms with Gasteiger partial charge in [-0.15, -0.1) is 0 Å². The topological polar surface area (TPSA) is 155 Å². The molecule has 0 aromatic rings. The molecule has 3 aliphatic rings. The molecule has 27 heavy (non-hydrogen) atoms. The molecule has 0 spiro atoms. The second-order valence-corrected chi connectivity index (χ2v) is 7.25. The molecule has 1 aliphatic carbocycles. The van der Waals surface area contributed by atoms with Crippen molar-refractivity contribution in [2.75, 3.05) is 13.7 Å². The molecule has 5 N–H and O–H groups in total. The summed E-state index contributed by atoms with van der Waals surface area (Å²) in [6.07, 6.45) is -7.25. The van der Waals surface area contributed by atoms with E-state index in [9.17, 15) is 30.3 Å². The van der Waals surface area contributed by atoms with Crippen LogP contribution in [0.15, 0.2) is 11.8 Å². The Bertz CT molecular complexity index is 578. The Hall–Kier alpha value is -1.27. The lowest BCUT2D eigenvalue weighted by Gasteiger charge is -2.43. The first kappa shape index (κ1) is 20.5. The number of hydrogen-bond donors (Lipinski definition) is 5. The molecule has 0 aromatic heterocycles. The third-order valence-corrected chi connectivity index (χ3v) is 5.75. The molecule has 0 amide bonds. The van der Waals surface area contributed by atoms with Crippen LogP contribution in [0.3, 0.4) is 0 Å². The van der Waals surface area contributed by atoms with Gasteiger partial charge in [0.15, 0.2) is 6.29 Å². The fourth-order valence-corrected chi connectivity index (χ4v) is 4.10. The molecule has 10 heteroatoms. The number of ether oxygens (including phenoxy) is 4. The number of carbonyl (C=O) groups excluding carboxylic acids is 1. The zero-order chi connectivity index (χ0) is 19.9. The van der Waals surface area contributed by atoms with Crippen molar-refractivity contribution in [1.82, 2.24) is 0 Å². The summed E-state index contributed by atoms with van der Waals surface area (Å²) in [6.45, 7) is 1.21. The molecule has 3 rings (SSSR count). The first-order valence-electron chi connectivity index (χ1n) is 8.88. The largest absolute Gasteiger partial charge is 0.472 e. The molecule has 0 radical (unpaired) electrons. The summed E-state index contributed by atoms with van der Waals surface area (Å²) >= 11 is 0. The summed E-state index contributed by atoms with van der Waals surface area (Å²) < 4.78 is 21.4. The van der Waals surface area contributed by atoms with E-state index in [2.05, 4.69) is 0 Å². The van der Waals surface area contributed by atoms with Crippen LogP contribution in [0.4, 0.5) is 0 Å². The van der Waals surface area contributed by atoms with Crippen LogP contribution in [0.1, 0.15) is 13.3 Å². The second kappa shape index (κ2) is 8.00. The summed E-state index contributed by atoms with van der Waals surface area (Å²) in [4.78, 5) is 12.0. The van der Waals surface area contributed by atoms with Crippen LogP contribution in [-0.4, -0.2) is 88.3 Å². The zero-order valence-corrected chi connectivity index (χ0v) is 15.0. The van der Waals surface area contributed by atoms with E-state index in [-0.39, 0.29) is 11.8 Å². The molecule has 5 unspecified atom stereocenters. The fraction of sp³-hybridized carbons (Fsp3) is 0.824. The number of carbonyl (C=O) groups is 1. The van der Waals surface area contributed by atoms with Crippen molar-refractivity contribution in [3.05, 3.63) is 11.8 Å². The van der Waals surface area contributed by atoms with Crippen molar-refractivity contribution in [1.29, 1.82) is 0 Å². The average molecular weight is 390 g/mol. The van der Waals surface area contributed by atoms with E-state index < -0.39 is 61.6 Å². The molecule has 2 fully saturated rings. The van der Waals surface area contributed by atoms with E-state index >= 15 is 0 Å². The summed E-state index contributed by atoms with van der Waals surface area (Å²) in [7, 11) is 1.25. The molecular formula is C17H26O10. The van der Waals surface area contributed by atoms with Crippen LogP contribution in [0.25, 0.3) is 0 Å². The first-order chi connectivity index (χ1) is 12.8. The van der Waals surface area contributed by atoms with Gasteiger partial charge in [0.2, 0.25) is 6.29 Å². The van der Waals surface area contributed by atoms with Crippen LogP contribution in [0, 0.1) is 17.8 Å². The third kappa shape index (κ3) is 3.58. The summed E-state index contributed by atoms with van der Waals surface area (Å²) in [5.74, 6) is -1.63. The van der Waals surface area contributed by atoms with Crippen LogP contribution in [0.5, 0.6) is 0 Å². The van der Waals surface area contributed by atoms with Crippen LogP contribution in [-0.2, 0) is 23.7 Å². The highest BCUT2D eigenvalue weighted by atomic mass is 16.8. The number of rotatable bonds is 4. The smallest absolute Gasteiger partial charge is 0.337 e. The molecular weight excluding hydrogens is 364 g/mol. The van der Waals surface area contributed by atoms with E-state index in [1.807, 2.05) is 0 Å². The van der Waals surface area contributed by atoms with E-state index in [4.69, 9.17) is 18.9 Å². The molecule has 1 saturated carbocycles. The number of esters is 1.